The van der Waals surface area contributed by atoms with Crippen molar-refractivity contribution < 1.29 is 0 Å². The lowest BCUT2D eigenvalue weighted by Crippen LogP contribution is -2.01. The summed E-state index contributed by atoms with van der Waals surface area (Å²) in [5.74, 6) is 0. The number of aromatic nitrogens is 4. The summed E-state index contributed by atoms with van der Waals surface area (Å²) in [6.07, 6.45) is 0. The maximum absolute atomic E-state index is 10.2. The highest BCUT2D eigenvalue weighted by Gasteiger charge is 2.33. The summed E-state index contributed by atoms with van der Waals surface area (Å²) in [4.78, 5) is 9.89. The van der Waals surface area contributed by atoms with Crippen LogP contribution in [0.25, 0.3) is 88.3 Å². The molecular formula is C44H28N6. The Kier molecular flexibility index (Phi) is 5.59. The van der Waals surface area contributed by atoms with E-state index in [9.17, 15) is 10.5 Å². The molecule has 0 fully saturated rings. The van der Waals surface area contributed by atoms with Crippen LogP contribution in [0.5, 0.6) is 0 Å². The Morgan fingerprint density at radius 1 is 0.460 bits per heavy atom. The molecule has 6 aromatic carbocycles. The summed E-state index contributed by atoms with van der Waals surface area (Å²) in [5.41, 5.74) is 14.2. The highest BCUT2D eigenvalue weighted by atomic mass is 15.0. The SMILES string of the molecule is Cc1ccc2c(c1)c1cc(C)ccc1n2-c1ccc2ccc(-n3c4ccc(C)cc4c4cc(C)ccc43)c3c2c1-c1nc(C#N)c(C#N)nc1-3. The topological polar surface area (TPSA) is 83.2 Å². The standard InChI is InChI=1S/C44H28N6/c1-23-5-11-34-28(17-23)29-18-24(2)6-12-35(29)49(34)38-15-9-27-10-16-39(42-40(27)41(38)43-44(42)48-33(22-46)32(21-45)47-43)50-36-13-7-25(3)19-30(36)31-20-26(4)8-14-37(31)50/h5-20H,1-4H3. The van der Waals surface area contributed by atoms with Gasteiger partial charge in [0.15, 0.2) is 11.4 Å². The first-order valence-corrected chi connectivity index (χ1v) is 16.7. The molecule has 6 nitrogen and oxygen atoms in total. The summed E-state index contributed by atoms with van der Waals surface area (Å²) in [6, 6.07) is 39.4. The van der Waals surface area contributed by atoms with Crippen molar-refractivity contribution >= 4 is 54.4 Å². The Morgan fingerprint density at radius 2 is 0.800 bits per heavy atom. The predicted molar refractivity (Wildman–Crippen MR) is 201 cm³/mol. The molecule has 6 heteroatoms. The lowest BCUT2D eigenvalue weighted by Gasteiger charge is -2.16. The normalized spacial score (nSPS) is 12.0. The van der Waals surface area contributed by atoms with Crippen molar-refractivity contribution in [2.45, 2.75) is 27.7 Å². The lowest BCUT2D eigenvalue weighted by atomic mass is 10.0. The molecule has 1 aliphatic rings. The molecule has 0 amide bonds. The van der Waals surface area contributed by atoms with E-state index in [1.807, 2.05) is 0 Å². The molecule has 0 atom stereocenters. The van der Waals surface area contributed by atoms with Gasteiger partial charge in [-0.3, -0.25) is 0 Å². The maximum atomic E-state index is 10.2. The van der Waals surface area contributed by atoms with Crippen LogP contribution in [-0.2, 0) is 0 Å². The van der Waals surface area contributed by atoms with Gasteiger partial charge in [0, 0.05) is 38.1 Å². The Balaban J connectivity index is 1.40. The number of nitrogens with zero attached hydrogens (tertiary/aromatic N) is 6. The van der Waals surface area contributed by atoms with Gasteiger partial charge in [-0.15, -0.1) is 0 Å². The predicted octanol–water partition coefficient (Wildman–Crippen LogP) is 10.4. The summed E-state index contributed by atoms with van der Waals surface area (Å²) in [5, 5.41) is 27.1. The number of hydrogen-bond donors (Lipinski definition) is 0. The van der Waals surface area contributed by atoms with E-state index in [4.69, 9.17) is 9.97 Å². The van der Waals surface area contributed by atoms with Crippen LogP contribution in [0.3, 0.4) is 0 Å². The second-order valence-corrected chi connectivity index (χ2v) is 13.6. The molecule has 10 rings (SSSR count). The first-order valence-electron chi connectivity index (χ1n) is 16.7. The highest BCUT2D eigenvalue weighted by molar-refractivity contribution is 6.21. The Bertz CT molecular complexity index is 2780. The quantitative estimate of drug-likeness (QED) is 0.188. The number of aryl methyl sites for hydroxylation is 4. The van der Waals surface area contributed by atoms with Crippen molar-refractivity contribution in [2.75, 3.05) is 0 Å². The minimum atomic E-state index is 0.0276. The second kappa shape index (κ2) is 9.89. The van der Waals surface area contributed by atoms with E-state index in [0.29, 0.717) is 11.4 Å². The van der Waals surface area contributed by atoms with E-state index in [0.717, 1.165) is 55.3 Å². The smallest absolute Gasteiger partial charge is 0.177 e. The molecule has 0 saturated carbocycles. The molecule has 3 heterocycles. The zero-order chi connectivity index (χ0) is 34.0. The van der Waals surface area contributed by atoms with Gasteiger partial charge in [0.1, 0.15) is 23.5 Å². The van der Waals surface area contributed by atoms with Crippen molar-refractivity contribution in [1.82, 2.24) is 19.1 Å². The summed E-state index contributed by atoms with van der Waals surface area (Å²) >= 11 is 0. The van der Waals surface area contributed by atoms with Crippen LogP contribution in [0.15, 0.2) is 97.1 Å². The average molecular weight is 641 g/mol. The minimum Gasteiger partial charge on any atom is -0.309 e. The molecule has 0 saturated heterocycles. The zero-order valence-electron chi connectivity index (χ0n) is 27.9. The van der Waals surface area contributed by atoms with Crippen LogP contribution in [0.2, 0.25) is 0 Å². The van der Waals surface area contributed by atoms with Crippen LogP contribution in [0.4, 0.5) is 0 Å². The van der Waals surface area contributed by atoms with Gasteiger partial charge >= 0.3 is 0 Å². The van der Waals surface area contributed by atoms with Gasteiger partial charge in [-0.1, -0.05) is 58.7 Å². The lowest BCUT2D eigenvalue weighted by molar-refractivity contribution is 1.13. The fourth-order valence-electron chi connectivity index (χ4n) is 8.21. The fourth-order valence-corrected chi connectivity index (χ4v) is 8.21. The van der Waals surface area contributed by atoms with Crippen LogP contribution in [0.1, 0.15) is 33.6 Å². The third kappa shape index (κ3) is 3.65. The summed E-state index contributed by atoms with van der Waals surface area (Å²) in [7, 11) is 0. The summed E-state index contributed by atoms with van der Waals surface area (Å²) < 4.78 is 4.64. The largest absolute Gasteiger partial charge is 0.309 e. The molecule has 0 unspecified atom stereocenters. The minimum absolute atomic E-state index is 0.0276. The number of nitriles is 2. The van der Waals surface area contributed by atoms with Crippen molar-refractivity contribution in [2.24, 2.45) is 0 Å². The Labute approximate surface area is 287 Å². The van der Waals surface area contributed by atoms with Crippen molar-refractivity contribution in [1.29, 1.82) is 10.5 Å². The molecular weight excluding hydrogens is 613 g/mol. The third-order valence-corrected chi connectivity index (χ3v) is 10.4. The first kappa shape index (κ1) is 28.3. The van der Waals surface area contributed by atoms with Gasteiger partial charge in [-0.2, -0.15) is 10.5 Å². The fraction of sp³-hybridized carbons (Fsp3) is 0.0909. The van der Waals surface area contributed by atoms with E-state index < -0.39 is 0 Å². The maximum Gasteiger partial charge on any atom is 0.177 e. The van der Waals surface area contributed by atoms with E-state index in [2.05, 4.69) is 146 Å². The Hall–Kier alpha value is -6.76. The van der Waals surface area contributed by atoms with Crippen molar-refractivity contribution in [3.63, 3.8) is 0 Å². The summed E-state index contributed by atoms with van der Waals surface area (Å²) in [6.45, 7) is 8.50. The number of rotatable bonds is 2. The van der Waals surface area contributed by atoms with Gasteiger partial charge in [0.05, 0.1) is 33.4 Å². The van der Waals surface area contributed by atoms with Crippen molar-refractivity contribution in [3.05, 3.63) is 131 Å². The number of benzene rings is 6. The van der Waals surface area contributed by atoms with Gasteiger partial charge in [0.25, 0.3) is 0 Å². The van der Waals surface area contributed by atoms with Gasteiger partial charge in [0.2, 0.25) is 0 Å². The first-order chi connectivity index (χ1) is 24.3. The monoisotopic (exact) mass is 640 g/mol. The molecule has 3 aromatic heterocycles. The van der Waals surface area contributed by atoms with E-state index >= 15 is 0 Å². The molecule has 0 spiro atoms. The highest BCUT2D eigenvalue weighted by Crippen LogP contribution is 2.52. The molecule has 50 heavy (non-hydrogen) atoms. The second-order valence-electron chi connectivity index (χ2n) is 13.6. The van der Waals surface area contributed by atoms with E-state index in [1.54, 1.807) is 0 Å². The molecule has 234 valence electrons. The third-order valence-electron chi connectivity index (χ3n) is 10.4. The van der Waals surface area contributed by atoms with Gasteiger partial charge in [-0.05, 0) is 93.7 Å². The number of fused-ring (bicyclic) bond motifs is 9. The molecule has 9 aromatic rings. The Morgan fingerprint density at radius 3 is 1.12 bits per heavy atom. The molecule has 0 bridgehead atoms. The average Bonchev–Trinajstić information content (AvgIpc) is 3.74. The van der Waals surface area contributed by atoms with Crippen LogP contribution < -0.4 is 0 Å². The molecule has 0 radical (unpaired) electrons. The zero-order valence-corrected chi connectivity index (χ0v) is 27.9. The van der Waals surface area contributed by atoms with Gasteiger partial charge < -0.3 is 9.13 Å². The number of hydrogen-bond acceptors (Lipinski definition) is 4. The van der Waals surface area contributed by atoms with Gasteiger partial charge in [-0.25, -0.2) is 9.97 Å². The van der Waals surface area contributed by atoms with Crippen molar-refractivity contribution in [3.8, 4) is 46.0 Å². The van der Waals surface area contributed by atoms with Crippen LogP contribution in [0, 0.1) is 50.4 Å². The van der Waals surface area contributed by atoms with Crippen LogP contribution >= 0.6 is 0 Å². The molecule has 0 N–H and O–H groups in total. The van der Waals surface area contributed by atoms with E-state index in [-0.39, 0.29) is 11.4 Å². The molecule has 1 aliphatic carbocycles. The molecule has 0 aliphatic heterocycles. The van der Waals surface area contributed by atoms with E-state index in [1.165, 1.54) is 43.8 Å². The van der Waals surface area contributed by atoms with Crippen LogP contribution in [-0.4, -0.2) is 19.1 Å².